The predicted octanol–water partition coefficient (Wildman–Crippen LogP) is 1.91. The van der Waals surface area contributed by atoms with E-state index in [4.69, 9.17) is 4.74 Å². The minimum Gasteiger partial charge on any atom is -0.462 e. The topological polar surface area (TPSA) is 61.4 Å². The number of fused-ring (bicyclic) bond motifs is 1. The van der Waals surface area contributed by atoms with Crippen LogP contribution in [0, 0.1) is 0 Å². The summed E-state index contributed by atoms with van der Waals surface area (Å²) in [6, 6.07) is 3.77. The summed E-state index contributed by atoms with van der Waals surface area (Å²) in [6.45, 7) is 2.13. The number of aromatic nitrogens is 4. The van der Waals surface area contributed by atoms with Gasteiger partial charge in [0, 0.05) is 25.0 Å². The Bertz CT molecular complexity index is 772. The molecule has 0 aliphatic rings. The molecule has 0 radical (unpaired) electrons. The maximum Gasteiger partial charge on any atom is 0.341 e. The van der Waals surface area contributed by atoms with Crippen LogP contribution in [0.25, 0.3) is 16.8 Å². The Morgan fingerprint density at radius 2 is 2.20 bits per heavy atom. The van der Waals surface area contributed by atoms with E-state index in [1.807, 2.05) is 36.1 Å². The largest absolute Gasteiger partial charge is 0.462 e. The van der Waals surface area contributed by atoms with Crippen LogP contribution in [0.2, 0.25) is 0 Å². The summed E-state index contributed by atoms with van der Waals surface area (Å²) >= 11 is 0. The molecule has 0 aromatic carbocycles. The van der Waals surface area contributed by atoms with Gasteiger partial charge in [-0.25, -0.2) is 14.3 Å². The number of nitrogens with zero attached hydrogens (tertiary/aromatic N) is 4. The molecule has 0 bridgehead atoms. The molecular formula is C14H14N4O2. The number of carbonyl (C=O) groups is 1. The van der Waals surface area contributed by atoms with Crippen LogP contribution in [0.4, 0.5) is 0 Å². The summed E-state index contributed by atoms with van der Waals surface area (Å²) in [6.07, 6.45) is 7.04. The quantitative estimate of drug-likeness (QED) is 0.682. The summed E-state index contributed by atoms with van der Waals surface area (Å²) in [5, 5.41) is 4.20. The van der Waals surface area contributed by atoms with Gasteiger partial charge in [-0.05, 0) is 19.1 Å². The summed E-state index contributed by atoms with van der Waals surface area (Å²) in [5.74, 6) is -0.354. The van der Waals surface area contributed by atoms with Crippen molar-refractivity contribution in [3.05, 3.63) is 42.6 Å². The minimum absolute atomic E-state index is 0.349. The molecule has 6 heteroatoms. The van der Waals surface area contributed by atoms with E-state index in [0.717, 1.165) is 16.8 Å². The molecule has 3 aromatic rings. The molecule has 102 valence electrons. The third-order valence-electron chi connectivity index (χ3n) is 3.01. The number of ether oxygens (including phenoxy) is 1. The van der Waals surface area contributed by atoms with Gasteiger partial charge in [0.15, 0.2) is 0 Å². The first-order valence-corrected chi connectivity index (χ1v) is 6.32. The van der Waals surface area contributed by atoms with Gasteiger partial charge in [0.25, 0.3) is 0 Å². The first kappa shape index (κ1) is 12.4. The van der Waals surface area contributed by atoms with Crippen molar-refractivity contribution >= 4 is 11.5 Å². The molecule has 0 unspecified atom stereocenters. The second-order valence-corrected chi connectivity index (χ2v) is 4.45. The van der Waals surface area contributed by atoms with Crippen LogP contribution in [-0.4, -0.2) is 31.7 Å². The average molecular weight is 270 g/mol. The predicted molar refractivity (Wildman–Crippen MR) is 73.4 cm³/mol. The van der Waals surface area contributed by atoms with Gasteiger partial charge in [-0.3, -0.25) is 0 Å². The Hall–Kier alpha value is -2.63. The number of hydrogen-bond acceptors (Lipinski definition) is 4. The Morgan fingerprint density at radius 1 is 1.35 bits per heavy atom. The molecule has 0 saturated heterocycles. The van der Waals surface area contributed by atoms with E-state index < -0.39 is 0 Å². The lowest BCUT2D eigenvalue weighted by molar-refractivity contribution is 0.0528. The van der Waals surface area contributed by atoms with Crippen LogP contribution in [-0.2, 0) is 11.8 Å². The van der Waals surface area contributed by atoms with Gasteiger partial charge < -0.3 is 9.30 Å². The highest BCUT2D eigenvalue weighted by atomic mass is 16.5. The van der Waals surface area contributed by atoms with Crippen molar-refractivity contribution in [2.75, 3.05) is 6.61 Å². The van der Waals surface area contributed by atoms with E-state index in [-0.39, 0.29) is 5.97 Å². The summed E-state index contributed by atoms with van der Waals surface area (Å²) in [7, 11) is 1.92. The minimum atomic E-state index is -0.354. The molecule has 0 spiro atoms. The van der Waals surface area contributed by atoms with Gasteiger partial charge >= 0.3 is 5.97 Å². The van der Waals surface area contributed by atoms with Gasteiger partial charge in [0.05, 0.1) is 30.3 Å². The van der Waals surface area contributed by atoms with Crippen LogP contribution in [0.3, 0.4) is 0 Å². The third kappa shape index (κ3) is 2.05. The summed E-state index contributed by atoms with van der Waals surface area (Å²) in [5.41, 5.74) is 3.00. The molecule has 0 amide bonds. The highest BCUT2D eigenvalue weighted by molar-refractivity contribution is 5.96. The van der Waals surface area contributed by atoms with Crippen molar-refractivity contribution in [3.63, 3.8) is 0 Å². The van der Waals surface area contributed by atoms with Gasteiger partial charge in [-0.1, -0.05) is 0 Å². The molecular weight excluding hydrogens is 256 g/mol. The van der Waals surface area contributed by atoms with Crippen molar-refractivity contribution in [2.45, 2.75) is 6.92 Å². The monoisotopic (exact) mass is 270 g/mol. The molecule has 0 saturated carbocycles. The zero-order chi connectivity index (χ0) is 14.1. The molecule has 0 aliphatic heterocycles. The first-order chi connectivity index (χ1) is 9.69. The zero-order valence-electron chi connectivity index (χ0n) is 11.3. The maximum absolute atomic E-state index is 11.8. The van der Waals surface area contributed by atoms with Crippen LogP contribution in [0.1, 0.15) is 17.3 Å². The second kappa shape index (κ2) is 4.80. The number of rotatable bonds is 3. The molecule has 3 rings (SSSR count). The van der Waals surface area contributed by atoms with E-state index in [9.17, 15) is 4.79 Å². The Morgan fingerprint density at radius 3 is 2.90 bits per heavy atom. The second-order valence-electron chi connectivity index (χ2n) is 4.45. The molecule has 0 fully saturated rings. The van der Waals surface area contributed by atoms with Crippen LogP contribution < -0.4 is 0 Å². The molecule has 6 nitrogen and oxygen atoms in total. The summed E-state index contributed by atoms with van der Waals surface area (Å²) in [4.78, 5) is 16.1. The number of imidazole rings is 1. The van der Waals surface area contributed by atoms with Gasteiger partial charge in [-0.2, -0.15) is 5.10 Å². The Kier molecular flexibility index (Phi) is 2.98. The Balaban J connectivity index is 2.03. The van der Waals surface area contributed by atoms with Gasteiger partial charge in [-0.15, -0.1) is 0 Å². The summed E-state index contributed by atoms with van der Waals surface area (Å²) < 4.78 is 8.55. The van der Waals surface area contributed by atoms with Crippen LogP contribution in [0.5, 0.6) is 0 Å². The van der Waals surface area contributed by atoms with Crippen molar-refractivity contribution in [1.29, 1.82) is 0 Å². The molecule has 3 aromatic heterocycles. The van der Waals surface area contributed by atoms with Crippen molar-refractivity contribution in [2.24, 2.45) is 7.05 Å². The van der Waals surface area contributed by atoms with E-state index in [1.165, 1.54) is 6.20 Å². The number of hydrogen-bond donors (Lipinski definition) is 0. The van der Waals surface area contributed by atoms with Gasteiger partial charge in [0.1, 0.15) is 5.56 Å². The van der Waals surface area contributed by atoms with Gasteiger partial charge in [0.2, 0.25) is 0 Å². The highest BCUT2D eigenvalue weighted by Crippen LogP contribution is 2.20. The van der Waals surface area contributed by atoms with E-state index in [2.05, 4.69) is 10.1 Å². The molecule has 0 N–H and O–H groups in total. The van der Waals surface area contributed by atoms with Crippen LogP contribution in [0.15, 0.2) is 37.1 Å². The SMILES string of the molecule is CCOC(=O)c1cnn2cc(-c3cn(C)cn3)ccc12. The van der Waals surface area contributed by atoms with E-state index in [0.29, 0.717) is 12.2 Å². The zero-order valence-corrected chi connectivity index (χ0v) is 11.3. The normalized spacial score (nSPS) is 10.9. The van der Waals surface area contributed by atoms with Crippen LogP contribution >= 0.6 is 0 Å². The molecule has 20 heavy (non-hydrogen) atoms. The number of aryl methyl sites for hydroxylation is 1. The number of pyridine rings is 1. The lowest BCUT2D eigenvalue weighted by atomic mass is 10.2. The fourth-order valence-electron chi connectivity index (χ4n) is 2.06. The first-order valence-electron chi connectivity index (χ1n) is 6.32. The highest BCUT2D eigenvalue weighted by Gasteiger charge is 2.14. The smallest absolute Gasteiger partial charge is 0.341 e. The third-order valence-corrected chi connectivity index (χ3v) is 3.01. The molecule has 0 aliphatic carbocycles. The lowest BCUT2D eigenvalue weighted by Gasteiger charge is -2.01. The average Bonchev–Trinajstić information content (AvgIpc) is 3.04. The van der Waals surface area contributed by atoms with E-state index >= 15 is 0 Å². The standard InChI is InChI=1S/C14H14N4O2/c1-3-20-14(19)11-6-16-18-7-10(4-5-13(11)18)12-8-17(2)9-15-12/h4-9H,3H2,1-2H3. The van der Waals surface area contributed by atoms with Crippen molar-refractivity contribution < 1.29 is 9.53 Å². The van der Waals surface area contributed by atoms with Crippen molar-refractivity contribution in [3.8, 4) is 11.3 Å². The van der Waals surface area contributed by atoms with Crippen molar-refractivity contribution in [1.82, 2.24) is 19.2 Å². The fourth-order valence-corrected chi connectivity index (χ4v) is 2.06. The number of esters is 1. The number of carbonyl (C=O) groups excluding carboxylic acids is 1. The maximum atomic E-state index is 11.8. The van der Waals surface area contributed by atoms with E-state index in [1.54, 1.807) is 17.8 Å². The Labute approximate surface area is 115 Å². The molecule has 0 atom stereocenters. The molecule has 3 heterocycles. The lowest BCUT2D eigenvalue weighted by Crippen LogP contribution is -2.03. The fraction of sp³-hybridized carbons (Fsp3) is 0.214.